The Morgan fingerprint density at radius 2 is 2.00 bits per heavy atom. The van der Waals surface area contributed by atoms with Crippen molar-refractivity contribution in [3.05, 3.63) is 53.1 Å². The summed E-state index contributed by atoms with van der Waals surface area (Å²) >= 11 is 7.22. The van der Waals surface area contributed by atoms with E-state index in [9.17, 15) is 4.79 Å². The monoisotopic (exact) mass is 459 g/mol. The first-order chi connectivity index (χ1) is 15.0. The number of amides is 1. The van der Waals surface area contributed by atoms with Gasteiger partial charge in [0.05, 0.1) is 26.2 Å². The van der Waals surface area contributed by atoms with Gasteiger partial charge in [0.25, 0.3) is 5.91 Å². The van der Waals surface area contributed by atoms with Gasteiger partial charge in [0.2, 0.25) is 0 Å². The number of hydrogen-bond donors (Lipinski definition) is 1. The van der Waals surface area contributed by atoms with Gasteiger partial charge in [-0.25, -0.2) is 5.43 Å². The van der Waals surface area contributed by atoms with Crippen molar-refractivity contribution in [2.24, 2.45) is 5.10 Å². The van der Waals surface area contributed by atoms with E-state index in [1.165, 1.54) is 18.0 Å². The van der Waals surface area contributed by atoms with E-state index in [1.54, 1.807) is 26.4 Å². The Labute approximate surface area is 189 Å². The third kappa shape index (κ3) is 5.77. The molecule has 162 valence electrons. The van der Waals surface area contributed by atoms with E-state index in [0.29, 0.717) is 34.0 Å². The molecule has 0 unspecified atom stereocenters. The Hall–Kier alpha value is -3.04. The number of nitrogens with one attached hydrogen (secondary N) is 1. The lowest BCUT2D eigenvalue weighted by atomic mass is 10.2. The maximum Gasteiger partial charge on any atom is 0.250 e. The quantitative estimate of drug-likeness (QED) is 0.296. The Morgan fingerprint density at radius 1 is 1.19 bits per heavy atom. The van der Waals surface area contributed by atoms with Crippen LogP contribution in [0, 0.1) is 0 Å². The highest BCUT2D eigenvalue weighted by molar-refractivity contribution is 7.99. The lowest BCUT2D eigenvalue weighted by Crippen LogP contribution is -2.20. The van der Waals surface area contributed by atoms with Crippen molar-refractivity contribution in [2.75, 3.05) is 20.0 Å². The molecule has 0 aliphatic rings. The Bertz CT molecular complexity index is 1090. The second kappa shape index (κ2) is 10.8. The average Bonchev–Trinajstić information content (AvgIpc) is 3.20. The van der Waals surface area contributed by atoms with Gasteiger partial charge >= 0.3 is 0 Å². The number of thioether (sulfide) groups is 1. The van der Waals surface area contributed by atoms with Crippen LogP contribution in [0.2, 0.25) is 5.02 Å². The van der Waals surface area contributed by atoms with Crippen LogP contribution in [0.3, 0.4) is 0 Å². The van der Waals surface area contributed by atoms with Gasteiger partial charge in [0.1, 0.15) is 0 Å². The van der Waals surface area contributed by atoms with Crippen molar-refractivity contribution in [2.45, 2.75) is 18.6 Å². The number of carbonyl (C=O) groups excluding carboxylic acids is 1. The number of hydrazone groups is 1. The number of halogens is 1. The van der Waals surface area contributed by atoms with E-state index >= 15 is 0 Å². The van der Waals surface area contributed by atoms with Crippen LogP contribution < -0.4 is 14.9 Å². The van der Waals surface area contributed by atoms with Crippen LogP contribution in [0.5, 0.6) is 11.5 Å². The zero-order valence-corrected chi connectivity index (χ0v) is 18.9. The molecule has 0 atom stereocenters. The molecule has 0 fully saturated rings. The number of carbonyl (C=O) groups is 1. The van der Waals surface area contributed by atoms with E-state index in [0.717, 1.165) is 11.1 Å². The number of aromatic nitrogens is 3. The average molecular weight is 460 g/mol. The fourth-order valence-electron chi connectivity index (χ4n) is 2.80. The maximum atomic E-state index is 12.1. The van der Waals surface area contributed by atoms with Gasteiger partial charge in [-0.05, 0) is 42.8 Å². The van der Waals surface area contributed by atoms with Crippen molar-refractivity contribution in [1.82, 2.24) is 20.2 Å². The molecule has 31 heavy (non-hydrogen) atoms. The van der Waals surface area contributed by atoms with Gasteiger partial charge in [-0.2, -0.15) is 5.10 Å². The van der Waals surface area contributed by atoms with E-state index < -0.39 is 0 Å². The number of methoxy groups -OCH3 is 2. The third-order valence-corrected chi connectivity index (χ3v) is 5.46. The fraction of sp³-hybridized carbons (Fsp3) is 0.238. The first kappa shape index (κ1) is 22.6. The van der Waals surface area contributed by atoms with Crippen LogP contribution in [0.1, 0.15) is 12.5 Å². The topological polar surface area (TPSA) is 90.6 Å². The maximum absolute atomic E-state index is 12.1. The standard InChI is InChI=1S/C21H22ClN5O3S/c1-4-27-20(15-8-9-17(29-2)18(11-15)30-3)25-26-21(27)31-13-19(28)24-23-12-14-6-5-7-16(22)10-14/h5-12H,4,13H2,1-3H3,(H,24,28). The minimum Gasteiger partial charge on any atom is -0.493 e. The van der Waals surface area contributed by atoms with E-state index in [2.05, 4.69) is 20.7 Å². The largest absolute Gasteiger partial charge is 0.493 e. The summed E-state index contributed by atoms with van der Waals surface area (Å²) in [6.45, 7) is 2.64. The zero-order valence-electron chi connectivity index (χ0n) is 17.3. The first-order valence-electron chi connectivity index (χ1n) is 9.41. The number of benzene rings is 2. The summed E-state index contributed by atoms with van der Waals surface area (Å²) < 4.78 is 12.6. The minimum absolute atomic E-state index is 0.150. The molecule has 0 radical (unpaired) electrons. The molecule has 0 saturated heterocycles. The number of nitrogens with zero attached hydrogens (tertiary/aromatic N) is 4. The summed E-state index contributed by atoms with van der Waals surface area (Å²) in [5.41, 5.74) is 4.14. The van der Waals surface area contributed by atoms with Gasteiger partial charge in [0.15, 0.2) is 22.5 Å². The molecule has 1 heterocycles. The number of hydrogen-bond acceptors (Lipinski definition) is 7. The summed E-state index contributed by atoms with van der Waals surface area (Å²) in [7, 11) is 3.17. The van der Waals surface area contributed by atoms with E-state index in [4.69, 9.17) is 21.1 Å². The van der Waals surface area contributed by atoms with Crippen molar-refractivity contribution >= 4 is 35.5 Å². The van der Waals surface area contributed by atoms with Crippen LogP contribution in [0.4, 0.5) is 0 Å². The number of ether oxygens (including phenoxy) is 2. The molecule has 10 heteroatoms. The van der Waals surface area contributed by atoms with Crippen LogP contribution in [-0.4, -0.2) is 46.9 Å². The Balaban J connectivity index is 1.65. The van der Waals surface area contributed by atoms with E-state index in [-0.39, 0.29) is 11.7 Å². The summed E-state index contributed by atoms with van der Waals surface area (Å²) in [5, 5.41) is 13.7. The van der Waals surface area contributed by atoms with Crippen LogP contribution in [-0.2, 0) is 11.3 Å². The SMILES string of the molecule is CCn1c(SCC(=O)NN=Cc2cccc(Cl)c2)nnc1-c1ccc(OC)c(OC)c1. The third-order valence-electron chi connectivity index (χ3n) is 4.26. The van der Waals surface area contributed by atoms with Crippen molar-refractivity contribution in [3.8, 4) is 22.9 Å². The lowest BCUT2D eigenvalue weighted by molar-refractivity contribution is -0.118. The first-order valence-corrected chi connectivity index (χ1v) is 10.8. The molecular formula is C21H22ClN5O3S. The molecule has 0 spiro atoms. The molecule has 0 aliphatic heterocycles. The molecule has 0 bridgehead atoms. The number of rotatable bonds is 9. The van der Waals surface area contributed by atoms with Gasteiger partial charge < -0.3 is 14.0 Å². The van der Waals surface area contributed by atoms with Crippen molar-refractivity contribution in [3.63, 3.8) is 0 Å². The molecule has 1 amide bonds. The highest BCUT2D eigenvalue weighted by atomic mass is 35.5. The Morgan fingerprint density at radius 3 is 2.71 bits per heavy atom. The second-order valence-electron chi connectivity index (χ2n) is 6.26. The molecule has 0 aliphatic carbocycles. The lowest BCUT2D eigenvalue weighted by Gasteiger charge is -2.10. The molecule has 2 aromatic carbocycles. The molecule has 3 aromatic rings. The second-order valence-corrected chi connectivity index (χ2v) is 7.64. The highest BCUT2D eigenvalue weighted by Crippen LogP contribution is 2.32. The van der Waals surface area contributed by atoms with Crippen LogP contribution in [0.15, 0.2) is 52.7 Å². The predicted octanol–water partition coefficient (Wildman–Crippen LogP) is 3.88. The minimum atomic E-state index is -0.249. The Kier molecular flexibility index (Phi) is 7.91. The van der Waals surface area contributed by atoms with Gasteiger partial charge in [-0.1, -0.05) is 35.5 Å². The normalized spacial score (nSPS) is 11.0. The summed E-state index contributed by atoms with van der Waals surface area (Å²) in [6.07, 6.45) is 1.54. The summed E-state index contributed by atoms with van der Waals surface area (Å²) in [6, 6.07) is 12.7. The molecular weight excluding hydrogens is 438 g/mol. The predicted molar refractivity (Wildman–Crippen MR) is 122 cm³/mol. The fourth-order valence-corrected chi connectivity index (χ4v) is 3.79. The smallest absolute Gasteiger partial charge is 0.250 e. The molecule has 3 rings (SSSR count). The van der Waals surface area contributed by atoms with Crippen molar-refractivity contribution in [1.29, 1.82) is 0 Å². The van der Waals surface area contributed by atoms with Crippen LogP contribution >= 0.6 is 23.4 Å². The molecule has 8 nitrogen and oxygen atoms in total. The molecule has 1 N–H and O–H groups in total. The summed E-state index contributed by atoms with van der Waals surface area (Å²) in [4.78, 5) is 12.1. The van der Waals surface area contributed by atoms with E-state index in [1.807, 2.05) is 41.8 Å². The van der Waals surface area contributed by atoms with Crippen molar-refractivity contribution < 1.29 is 14.3 Å². The molecule has 0 saturated carbocycles. The summed E-state index contributed by atoms with van der Waals surface area (Å²) in [5.74, 6) is 1.83. The molecule has 1 aromatic heterocycles. The zero-order chi connectivity index (χ0) is 22.2. The highest BCUT2D eigenvalue weighted by Gasteiger charge is 2.16. The van der Waals surface area contributed by atoms with Gasteiger partial charge in [0, 0.05) is 17.1 Å². The van der Waals surface area contributed by atoms with Gasteiger partial charge in [-0.3, -0.25) is 4.79 Å². The van der Waals surface area contributed by atoms with Crippen LogP contribution in [0.25, 0.3) is 11.4 Å². The van der Waals surface area contributed by atoms with Gasteiger partial charge in [-0.15, -0.1) is 10.2 Å².